The summed E-state index contributed by atoms with van der Waals surface area (Å²) in [5.41, 5.74) is 0.715. The summed E-state index contributed by atoms with van der Waals surface area (Å²) in [7, 11) is 0. The van der Waals surface area contributed by atoms with Gasteiger partial charge in [0.15, 0.2) is 0 Å². The fraction of sp³-hybridized carbons (Fsp3) is 0.227. The predicted octanol–water partition coefficient (Wildman–Crippen LogP) is 3.43. The van der Waals surface area contributed by atoms with Gasteiger partial charge in [-0.2, -0.15) is 5.01 Å². The molecule has 8 nitrogen and oxygen atoms in total. The molecule has 2 aliphatic rings. The van der Waals surface area contributed by atoms with E-state index in [1.165, 1.54) is 48.7 Å². The van der Waals surface area contributed by atoms with E-state index in [1.54, 1.807) is 18.2 Å². The molecule has 11 heteroatoms. The third kappa shape index (κ3) is 5.08. The summed E-state index contributed by atoms with van der Waals surface area (Å²) < 4.78 is 41.8. The average molecular weight is 459 g/mol. The summed E-state index contributed by atoms with van der Waals surface area (Å²) in [6, 6.07) is 13.1. The fourth-order valence-electron chi connectivity index (χ4n) is 3.44. The van der Waals surface area contributed by atoms with Crippen molar-refractivity contribution in [3.05, 3.63) is 72.4 Å². The molecule has 4 rings (SSSR count). The minimum Gasteiger partial charge on any atom is -0.481 e. The number of alkyl halides is 3. The van der Waals surface area contributed by atoms with Gasteiger partial charge in [0.1, 0.15) is 12.5 Å². The van der Waals surface area contributed by atoms with Crippen molar-refractivity contribution in [2.75, 3.05) is 10.3 Å². The molecule has 3 unspecified atom stereocenters. The maximum Gasteiger partial charge on any atom is 0.503 e. The van der Waals surface area contributed by atoms with Crippen LogP contribution in [0.1, 0.15) is 16.8 Å². The van der Waals surface area contributed by atoms with Crippen molar-refractivity contribution in [2.45, 2.75) is 24.9 Å². The normalized spacial score (nSPS) is 21.4. The molecule has 0 saturated heterocycles. The Morgan fingerprint density at radius 1 is 1.09 bits per heavy atom. The number of nitrogens with zero attached hydrogens (tertiary/aromatic N) is 3. The fourth-order valence-corrected chi connectivity index (χ4v) is 3.44. The number of carbonyl (C=O) groups excluding carboxylic acids is 1. The van der Waals surface area contributed by atoms with Gasteiger partial charge in [-0.05, 0) is 48.9 Å². The van der Waals surface area contributed by atoms with Crippen LogP contribution in [-0.2, 0) is 4.79 Å². The van der Waals surface area contributed by atoms with E-state index in [0.717, 1.165) is 11.3 Å². The van der Waals surface area contributed by atoms with Crippen molar-refractivity contribution >= 4 is 29.6 Å². The van der Waals surface area contributed by atoms with Crippen LogP contribution < -0.4 is 15.6 Å². The van der Waals surface area contributed by atoms with Crippen LogP contribution in [0.25, 0.3) is 0 Å². The minimum absolute atomic E-state index is 0.0784. The van der Waals surface area contributed by atoms with E-state index in [9.17, 15) is 22.8 Å². The summed E-state index contributed by atoms with van der Waals surface area (Å²) >= 11 is 0. The van der Waals surface area contributed by atoms with Crippen molar-refractivity contribution in [1.82, 2.24) is 10.3 Å². The number of hydrazine groups is 1. The Hall–Kier alpha value is -4.02. The molecule has 1 aliphatic heterocycles. The van der Waals surface area contributed by atoms with Gasteiger partial charge in [0.2, 0.25) is 0 Å². The Labute approximate surface area is 187 Å². The van der Waals surface area contributed by atoms with Gasteiger partial charge in [-0.25, -0.2) is 10.0 Å². The Morgan fingerprint density at radius 2 is 1.79 bits per heavy atom. The maximum absolute atomic E-state index is 13.9. The van der Waals surface area contributed by atoms with Crippen LogP contribution in [0.4, 0.5) is 24.5 Å². The van der Waals surface area contributed by atoms with Crippen LogP contribution in [0.3, 0.4) is 0 Å². The van der Waals surface area contributed by atoms with Crippen LogP contribution in [0.5, 0.6) is 0 Å². The van der Waals surface area contributed by atoms with Gasteiger partial charge in [0.05, 0.1) is 11.6 Å². The van der Waals surface area contributed by atoms with Crippen LogP contribution in [-0.4, -0.2) is 46.8 Å². The second kappa shape index (κ2) is 8.85. The highest BCUT2D eigenvalue weighted by Crippen LogP contribution is 2.32. The van der Waals surface area contributed by atoms with Gasteiger partial charge in [-0.15, -0.1) is 13.2 Å². The minimum atomic E-state index is -4.71. The summed E-state index contributed by atoms with van der Waals surface area (Å²) in [4.78, 5) is 27.0. The van der Waals surface area contributed by atoms with Crippen LogP contribution in [0.15, 0.2) is 71.9 Å². The highest BCUT2D eigenvalue weighted by Gasteiger charge is 2.45. The first-order valence-electron chi connectivity index (χ1n) is 10.0. The first kappa shape index (κ1) is 22.2. The van der Waals surface area contributed by atoms with Crippen molar-refractivity contribution in [3.8, 4) is 0 Å². The van der Waals surface area contributed by atoms with Crippen molar-refractivity contribution in [1.29, 1.82) is 0 Å². The summed E-state index contributed by atoms with van der Waals surface area (Å²) in [6.07, 6.45) is -1.29. The Bertz CT molecular complexity index is 1070. The molecule has 0 aromatic heterocycles. The van der Waals surface area contributed by atoms with Gasteiger partial charge in [0, 0.05) is 23.5 Å². The molecule has 2 aromatic rings. The molecule has 3 atom stereocenters. The van der Waals surface area contributed by atoms with Crippen LogP contribution in [0, 0.1) is 5.92 Å². The molecule has 1 fully saturated rings. The zero-order valence-electron chi connectivity index (χ0n) is 17.1. The lowest BCUT2D eigenvalue weighted by Gasteiger charge is -2.41. The first-order valence-corrected chi connectivity index (χ1v) is 10.0. The predicted molar refractivity (Wildman–Crippen MR) is 115 cm³/mol. The van der Waals surface area contributed by atoms with E-state index in [0.29, 0.717) is 17.7 Å². The maximum atomic E-state index is 13.9. The molecular weight excluding hydrogens is 439 g/mol. The van der Waals surface area contributed by atoms with Gasteiger partial charge < -0.3 is 15.7 Å². The van der Waals surface area contributed by atoms with E-state index in [4.69, 9.17) is 5.11 Å². The van der Waals surface area contributed by atoms with Crippen LogP contribution >= 0.6 is 0 Å². The molecule has 1 amide bonds. The molecule has 1 saturated carbocycles. The number of carboxylic acid groups (broad SMARTS) is 1. The standard InChI is InChI=1S/C22H20F3N5O3/c23-22(24,25)30(16-4-2-1-3-5-16)29-13-26-11-10-19(29)27-15-8-6-14(7-9-15)20(31)28-18-12-17(18)21(32)33/h1-11,13,17-19,27H,12H2,(H,28,31)(H,32,33). The number of hydrogen-bond donors (Lipinski definition) is 3. The Morgan fingerprint density at radius 3 is 2.39 bits per heavy atom. The molecule has 0 spiro atoms. The number of carboxylic acids is 1. The summed E-state index contributed by atoms with van der Waals surface area (Å²) in [6.45, 7) is 0. The zero-order chi connectivity index (χ0) is 23.6. The van der Waals surface area contributed by atoms with Gasteiger partial charge in [-0.3, -0.25) is 9.59 Å². The number of para-hydroxylation sites is 1. The van der Waals surface area contributed by atoms with Crippen molar-refractivity contribution in [2.24, 2.45) is 10.9 Å². The monoisotopic (exact) mass is 459 g/mol. The van der Waals surface area contributed by atoms with Gasteiger partial charge in [-0.1, -0.05) is 18.2 Å². The smallest absolute Gasteiger partial charge is 0.481 e. The Kier molecular flexibility index (Phi) is 5.95. The number of rotatable bonds is 7. The molecule has 0 radical (unpaired) electrons. The third-order valence-electron chi connectivity index (χ3n) is 5.18. The van der Waals surface area contributed by atoms with Gasteiger partial charge >= 0.3 is 12.3 Å². The zero-order valence-corrected chi connectivity index (χ0v) is 17.1. The molecular formula is C22H20F3N5O3. The molecule has 2 aromatic carbocycles. The number of carbonyl (C=O) groups is 2. The molecule has 33 heavy (non-hydrogen) atoms. The third-order valence-corrected chi connectivity index (χ3v) is 5.18. The number of amides is 1. The Balaban J connectivity index is 1.47. The number of nitrogens with one attached hydrogen (secondary N) is 2. The second-order valence-corrected chi connectivity index (χ2v) is 7.53. The number of aliphatic imine (C=N–C) groups is 1. The first-order chi connectivity index (χ1) is 15.7. The molecule has 1 heterocycles. The average Bonchev–Trinajstić information content (AvgIpc) is 3.55. The SMILES string of the molecule is O=C(NC1CC1C(=O)O)c1ccc(NC2C=CN=CN2N(c2ccccc2)C(F)(F)F)cc1. The number of hydrogen-bond acceptors (Lipinski definition) is 6. The highest BCUT2D eigenvalue weighted by atomic mass is 19.4. The van der Waals surface area contributed by atoms with Crippen molar-refractivity contribution < 1.29 is 27.9 Å². The van der Waals surface area contributed by atoms with Crippen LogP contribution in [0.2, 0.25) is 0 Å². The van der Waals surface area contributed by atoms with E-state index in [2.05, 4.69) is 15.6 Å². The van der Waals surface area contributed by atoms with Crippen molar-refractivity contribution in [3.63, 3.8) is 0 Å². The molecule has 3 N–H and O–H groups in total. The van der Waals surface area contributed by atoms with E-state index in [-0.39, 0.29) is 16.7 Å². The number of benzene rings is 2. The largest absolute Gasteiger partial charge is 0.503 e. The summed E-state index contributed by atoms with van der Waals surface area (Å²) in [5, 5.41) is 15.7. The topological polar surface area (TPSA) is 97.3 Å². The van der Waals surface area contributed by atoms with E-state index in [1.807, 2.05) is 0 Å². The van der Waals surface area contributed by atoms with E-state index >= 15 is 0 Å². The molecule has 1 aliphatic carbocycles. The number of halogens is 3. The highest BCUT2D eigenvalue weighted by molar-refractivity contribution is 5.95. The van der Waals surface area contributed by atoms with E-state index < -0.39 is 30.3 Å². The lowest BCUT2D eigenvalue weighted by molar-refractivity contribution is -0.153. The molecule has 172 valence electrons. The van der Waals surface area contributed by atoms with Gasteiger partial charge in [0.25, 0.3) is 5.91 Å². The second-order valence-electron chi connectivity index (χ2n) is 7.53. The quantitative estimate of drug-likeness (QED) is 0.549. The number of anilines is 2. The summed E-state index contributed by atoms with van der Waals surface area (Å²) in [5.74, 6) is -1.92. The number of aliphatic carboxylic acids is 1. The lowest BCUT2D eigenvalue weighted by Crippen LogP contribution is -2.57. The molecule has 0 bridgehead atoms. The lowest BCUT2D eigenvalue weighted by atomic mass is 10.2.